The lowest BCUT2D eigenvalue weighted by Crippen LogP contribution is -2.27. The molecular weight excluding hydrogens is 444 g/mol. The average Bonchev–Trinajstić information content (AvgIpc) is 3.62. The summed E-state index contributed by atoms with van der Waals surface area (Å²) in [4.78, 5) is 19.5. The molecule has 4 aromatic rings. The van der Waals surface area contributed by atoms with Crippen molar-refractivity contribution in [2.75, 3.05) is 26.3 Å². The third kappa shape index (κ3) is 4.03. The van der Waals surface area contributed by atoms with Gasteiger partial charge in [0.1, 0.15) is 5.75 Å². The largest absolute Gasteiger partial charge is 0.493 e. The quantitative estimate of drug-likeness (QED) is 0.453. The Morgan fingerprint density at radius 1 is 1.03 bits per heavy atom. The smallest absolute Gasteiger partial charge is 0.253 e. The van der Waals surface area contributed by atoms with Gasteiger partial charge in [0.05, 0.1) is 48.1 Å². The summed E-state index contributed by atoms with van der Waals surface area (Å²) in [5.74, 6) is 1.45. The van der Waals surface area contributed by atoms with Crippen LogP contribution in [0.1, 0.15) is 40.9 Å². The zero-order valence-electron chi connectivity index (χ0n) is 19.5. The van der Waals surface area contributed by atoms with E-state index >= 15 is 0 Å². The fourth-order valence-electron chi connectivity index (χ4n) is 4.61. The summed E-state index contributed by atoms with van der Waals surface area (Å²) in [5, 5.41) is 12.8. The third-order valence-electron chi connectivity index (χ3n) is 6.49. The van der Waals surface area contributed by atoms with E-state index in [1.165, 1.54) is 0 Å². The second-order valence-electron chi connectivity index (χ2n) is 8.85. The number of ether oxygens (including phenoxy) is 2. The molecule has 35 heavy (non-hydrogen) atoms. The van der Waals surface area contributed by atoms with Crippen LogP contribution in [0.25, 0.3) is 34.3 Å². The average molecular weight is 471 g/mol. The van der Waals surface area contributed by atoms with Gasteiger partial charge in [0, 0.05) is 43.1 Å². The fraction of sp³-hybridized carbons (Fsp3) is 0.308. The monoisotopic (exact) mass is 470 g/mol. The number of fused-ring (bicyclic) bond motifs is 4. The summed E-state index contributed by atoms with van der Waals surface area (Å²) in [6.45, 7) is 2.58. The van der Waals surface area contributed by atoms with Gasteiger partial charge in [-0.05, 0) is 49.3 Å². The second-order valence-corrected chi connectivity index (χ2v) is 8.85. The van der Waals surface area contributed by atoms with Crippen LogP contribution in [0.5, 0.6) is 11.6 Å². The molecule has 0 aliphatic carbocycles. The standard InChI is InChI=1S/C26H26N6O3/c1-31-26-20(15-28-31)22-14-19-21(29-30-23(19)16-27-22)7-5-17-13-18(25(33)32-9-2-3-10-32)6-8-24(17)34-11-4-12-35-26/h5-8,13-16H,2-4,9-12H2,1H3,(H,29,30)/b7-5+. The number of carbonyl (C=O) groups excluding carboxylic acids is 1. The maximum absolute atomic E-state index is 13.0. The van der Waals surface area contributed by atoms with Gasteiger partial charge in [0.25, 0.3) is 5.91 Å². The van der Waals surface area contributed by atoms with E-state index in [1.807, 2.05) is 48.4 Å². The molecule has 3 aromatic heterocycles. The van der Waals surface area contributed by atoms with Crippen molar-refractivity contribution in [3.63, 3.8) is 0 Å². The Morgan fingerprint density at radius 3 is 2.77 bits per heavy atom. The molecule has 9 heteroatoms. The molecular formula is C26H26N6O3. The molecule has 5 heterocycles. The fourth-order valence-corrected chi connectivity index (χ4v) is 4.61. The van der Waals surface area contributed by atoms with Crippen molar-refractivity contribution in [1.29, 1.82) is 0 Å². The number of nitrogens with one attached hydrogen (secondary N) is 1. The van der Waals surface area contributed by atoms with E-state index < -0.39 is 0 Å². The van der Waals surface area contributed by atoms with Gasteiger partial charge in [-0.25, -0.2) is 4.68 Å². The molecule has 1 aromatic carbocycles. The number of rotatable bonds is 1. The minimum absolute atomic E-state index is 0.0651. The molecule has 9 nitrogen and oxygen atoms in total. The lowest BCUT2D eigenvalue weighted by Gasteiger charge is -2.17. The van der Waals surface area contributed by atoms with Crippen LogP contribution in [0.3, 0.4) is 0 Å². The van der Waals surface area contributed by atoms with E-state index in [4.69, 9.17) is 9.47 Å². The number of nitrogens with zero attached hydrogens (tertiary/aromatic N) is 5. The van der Waals surface area contributed by atoms with Crippen molar-refractivity contribution in [3.05, 3.63) is 53.5 Å². The lowest BCUT2D eigenvalue weighted by atomic mass is 10.1. The van der Waals surface area contributed by atoms with Gasteiger partial charge in [0.15, 0.2) is 0 Å². The van der Waals surface area contributed by atoms with E-state index in [1.54, 1.807) is 17.1 Å². The van der Waals surface area contributed by atoms with Crippen LogP contribution in [0.4, 0.5) is 0 Å². The topological polar surface area (TPSA) is 98.2 Å². The SMILES string of the molecule is Cn1ncc2c1OCCCOc1ccc(C(=O)N3CCCC3)cc1/C=C/c1n[nH]c3cnc-2cc13. The number of likely N-dealkylation sites (tertiary alicyclic amines) is 1. The molecule has 0 unspecified atom stereocenters. The number of hydrogen-bond acceptors (Lipinski definition) is 6. The van der Waals surface area contributed by atoms with Gasteiger partial charge < -0.3 is 14.4 Å². The molecule has 2 aliphatic heterocycles. The van der Waals surface area contributed by atoms with Crippen molar-refractivity contribution < 1.29 is 14.3 Å². The van der Waals surface area contributed by atoms with Crippen LogP contribution in [0, 0.1) is 0 Å². The van der Waals surface area contributed by atoms with Crippen molar-refractivity contribution in [1.82, 2.24) is 29.9 Å². The van der Waals surface area contributed by atoms with E-state index in [2.05, 4.69) is 20.3 Å². The molecule has 0 atom stereocenters. The number of aromatic nitrogens is 5. The Balaban J connectivity index is 1.42. The number of H-pyrrole nitrogens is 1. The first kappa shape index (κ1) is 21.4. The van der Waals surface area contributed by atoms with Crippen molar-refractivity contribution in [3.8, 4) is 22.9 Å². The van der Waals surface area contributed by atoms with Crippen LogP contribution in [0.2, 0.25) is 0 Å². The number of carbonyl (C=O) groups is 1. The first-order valence-corrected chi connectivity index (χ1v) is 11.9. The molecule has 1 fully saturated rings. The second kappa shape index (κ2) is 8.90. The molecule has 178 valence electrons. The molecule has 0 radical (unpaired) electrons. The summed E-state index contributed by atoms with van der Waals surface area (Å²) in [7, 11) is 1.85. The Hall–Kier alpha value is -4.14. The van der Waals surface area contributed by atoms with Crippen LogP contribution in [-0.2, 0) is 7.05 Å². The van der Waals surface area contributed by atoms with E-state index in [0.29, 0.717) is 31.1 Å². The summed E-state index contributed by atoms with van der Waals surface area (Å²) < 4.78 is 13.9. The summed E-state index contributed by atoms with van der Waals surface area (Å²) >= 11 is 0. The molecule has 2 bridgehead atoms. The lowest BCUT2D eigenvalue weighted by molar-refractivity contribution is 0.0792. The first-order chi connectivity index (χ1) is 17.2. The van der Waals surface area contributed by atoms with Gasteiger partial charge in [-0.1, -0.05) is 0 Å². The summed E-state index contributed by atoms with van der Waals surface area (Å²) in [6.07, 6.45) is 10.2. The normalized spacial score (nSPS) is 16.7. The number of aryl methyl sites for hydroxylation is 1. The molecule has 6 rings (SSSR count). The molecule has 1 N–H and O–H groups in total. The summed E-state index contributed by atoms with van der Waals surface area (Å²) in [5.41, 5.74) is 4.70. The minimum Gasteiger partial charge on any atom is -0.493 e. The summed E-state index contributed by atoms with van der Waals surface area (Å²) in [6, 6.07) is 7.63. The predicted molar refractivity (Wildman–Crippen MR) is 132 cm³/mol. The third-order valence-corrected chi connectivity index (χ3v) is 6.49. The number of aromatic amines is 1. The molecule has 2 aliphatic rings. The number of amides is 1. The highest BCUT2D eigenvalue weighted by Gasteiger charge is 2.21. The number of benzene rings is 1. The molecule has 0 spiro atoms. The zero-order valence-corrected chi connectivity index (χ0v) is 19.5. The van der Waals surface area contributed by atoms with Crippen LogP contribution in [-0.4, -0.2) is 62.1 Å². The number of hydrogen-bond donors (Lipinski definition) is 1. The number of pyridine rings is 1. The van der Waals surface area contributed by atoms with Crippen LogP contribution < -0.4 is 9.47 Å². The van der Waals surface area contributed by atoms with E-state index in [0.717, 1.165) is 65.1 Å². The molecule has 0 saturated carbocycles. The zero-order chi connectivity index (χ0) is 23.8. The highest BCUT2D eigenvalue weighted by molar-refractivity contribution is 5.96. The maximum atomic E-state index is 13.0. The van der Waals surface area contributed by atoms with Gasteiger partial charge in [0.2, 0.25) is 5.88 Å². The molecule has 1 saturated heterocycles. The van der Waals surface area contributed by atoms with E-state index in [-0.39, 0.29) is 5.91 Å². The Bertz CT molecular complexity index is 1430. The van der Waals surface area contributed by atoms with Gasteiger partial charge >= 0.3 is 0 Å². The van der Waals surface area contributed by atoms with Crippen molar-refractivity contribution in [2.24, 2.45) is 7.05 Å². The van der Waals surface area contributed by atoms with Crippen molar-refractivity contribution in [2.45, 2.75) is 19.3 Å². The first-order valence-electron chi connectivity index (χ1n) is 11.9. The van der Waals surface area contributed by atoms with Gasteiger partial charge in [-0.3, -0.25) is 14.9 Å². The highest BCUT2D eigenvalue weighted by atomic mass is 16.5. The molecule has 1 amide bonds. The van der Waals surface area contributed by atoms with E-state index in [9.17, 15) is 4.79 Å². The maximum Gasteiger partial charge on any atom is 0.253 e. The van der Waals surface area contributed by atoms with Crippen LogP contribution >= 0.6 is 0 Å². The van der Waals surface area contributed by atoms with Crippen LogP contribution in [0.15, 0.2) is 36.7 Å². The highest BCUT2D eigenvalue weighted by Crippen LogP contribution is 2.32. The predicted octanol–water partition coefficient (Wildman–Crippen LogP) is 3.93. The van der Waals surface area contributed by atoms with Gasteiger partial charge in [-0.2, -0.15) is 10.2 Å². The minimum atomic E-state index is 0.0651. The van der Waals surface area contributed by atoms with Crippen molar-refractivity contribution >= 4 is 29.0 Å². The Kier molecular flexibility index (Phi) is 5.44. The van der Waals surface area contributed by atoms with Gasteiger partial charge in [-0.15, -0.1) is 0 Å². The Labute approximate surface area is 202 Å². The Morgan fingerprint density at radius 2 is 1.89 bits per heavy atom.